The molecule has 0 aliphatic rings. The summed E-state index contributed by atoms with van der Waals surface area (Å²) in [7, 11) is -3.39. The highest BCUT2D eigenvalue weighted by molar-refractivity contribution is 7.92. The average molecular weight is 329 g/mol. The molecule has 1 N–H and O–H groups in total. The van der Waals surface area contributed by atoms with E-state index in [4.69, 9.17) is 0 Å². The molecule has 0 aliphatic heterocycles. The molecule has 0 radical (unpaired) electrons. The van der Waals surface area contributed by atoms with Crippen LogP contribution in [0.15, 0.2) is 48.7 Å². The highest BCUT2D eigenvalue weighted by Gasteiger charge is 2.12. The first-order valence-electron chi connectivity index (χ1n) is 7.44. The quantitative estimate of drug-likeness (QED) is 0.783. The van der Waals surface area contributed by atoms with E-state index in [1.54, 1.807) is 12.3 Å². The lowest BCUT2D eigenvalue weighted by Crippen LogP contribution is -2.18. The van der Waals surface area contributed by atoms with Gasteiger partial charge >= 0.3 is 0 Å². The molecule has 1 aromatic carbocycles. The van der Waals surface area contributed by atoms with Gasteiger partial charge in [0.05, 0.1) is 17.1 Å². The molecule has 0 spiro atoms. The van der Waals surface area contributed by atoms with Gasteiger partial charge in [0.2, 0.25) is 10.0 Å². The Labute approximate surface area is 136 Å². The fraction of sp³-hybridized carbons (Fsp3) is 0.235. The standard InChI is InChI=1S/C17H19N3O2S/c1-13-14(2)20-12-16(8-9-17(20)18-13)19-23(21,22)11-10-15-6-4-3-5-7-15/h3-9,12,19H,10-11H2,1-2H3. The zero-order valence-corrected chi connectivity index (χ0v) is 14.0. The molecule has 23 heavy (non-hydrogen) atoms. The smallest absolute Gasteiger partial charge is 0.233 e. The second kappa shape index (κ2) is 6.04. The third-order valence-corrected chi connectivity index (χ3v) is 5.16. The van der Waals surface area contributed by atoms with Crippen molar-refractivity contribution in [2.75, 3.05) is 10.5 Å². The van der Waals surface area contributed by atoms with E-state index in [-0.39, 0.29) is 5.75 Å². The minimum atomic E-state index is -3.39. The van der Waals surface area contributed by atoms with Gasteiger partial charge in [-0.2, -0.15) is 0 Å². The monoisotopic (exact) mass is 329 g/mol. The van der Waals surface area contributed by atoms with Gasteiger partial charge < -0.3 is 4.40 Å². The molecular weight excluding hydrogens is 310 g/mol. The van der Waals surface area contributed by atoms with Crippen LogP contribution < -0.4 is 4.72 Å². The second-order valence-electron chi connectivity index (χ2n) is 5.59. The Bertz CT molecular complexity index is 931. The van der Waals surface area contributed by atoms with Crippen molar-refractivity contribution >= 4 is 21.4 Å². The van der Waals surface area contributed by atoms with Crippen LogP contribution in [0, 0.1) is 13.8 Å². The first-order chi connectivity index (χ1) is 10.9. The van der Waals surface area contributed by atoms with Crippen LogP contribution in [0.4, 0.5) is 5.69 Å². The fourth-order valence-electron chi connectivity index (χ4n) is 2.47. The lowest BCUT2D eigenvalue weighted by atomic mass is 10.2. The van der Waals surface area contributed by atoms with Crippen LogP contribution in [0.3, 0.4) is 0 Å². The molecule has 0 atom stereocenters. The summed E-state index contributed by atoms with van der Waals surface area (Å²) < 4.78 is 29.1. The van der Waals surface area contributed by atoms with Crippen molar-refractivity contribution in [1.82, 2.24) is 9.38 Å². The zero-order chi connectivity index (χ0) is 16.4. The molecule has 6 heteroatoms. The predicted molar refractivity (Wildman–Crippen MR) is 92.2 cm³/mol. The highest BCUT2D eigenvalue weighted by Crippen LogP contribution is 2.16. The van der Waals surface area contributed by atoms with Crippen molar-refractivity contribution in [2.24, 2.45) is 0 Å². The van der Waals surface area contributed by atoms with Crippen LogP contribution in [0.5, 0.6) is 0 Å². The summed E-state index contributed by atoms with van der Waals surface area (Å²) in [6.07, 6.45) is 2.26. The second-order valence-corrected chi connectivity index (χ2v) is 7.43. The largest absolute Gasteiger partial charge is 0.302 e. The molecule has 2 aromatic heterocycles. The number of fused-ring (bicyclic) bond motifs is 1. The van der Waals surface area contributed by atoms with E-state index < -0.39 is 10.0 Å². The molecule has 0 unspecified atom stereocenters. The number of pyridine rings is 1. The molecular formula is C17H19N3O2S. The molecule has 2 heterocycles. The molecule has 120 valence electrons. The van der Waals surface area contributed by atoms with Gasteiger partial charge in [-0.25, -0.2) is 13.4 Å². The van der Waals surface area contributed by atoms with E-state index in [1.165, 1.54) is 0 Å². The molecule has 5 nitrogen and oxygen atoms in total. The predicted octanol–water partition coefficient (Wildman–Crippen LogP) is 2.94. The number of rotatable bonds is 5. The maximum atomic E-state index is 12.3. The highest BCUT2D eigenvalue weighted by atomic mass is 32.2. The number of benzene rings is 1. The van der Waals surface area contributed by atoms with Crippen LogP contribution in [0.2, 0.25) is 0 Å². The van der Waals surface area contributed by atoms with Crippen molar-refractivity contribution < 1.29 is 8.42 Å². The van der Waals surface area contributed by atoms with Crippen molar-refractivity contribution in [1.29, 1.82) is 0 Å². The lowest BCUT2D eigenvalue weighted by Gasteiger charge is -2.09. The molecule has 0 saturated carbocycles. The Balaban J connectivity index is 1.76. The van der Waals surface area contributed by atoms with Crippen molar-refractivity contribution in [3.8, 4) is 0 Å². The van der Waals surface area contributed by atoms with Crippen LogP contribution in [0.1, 0.15) is 17.0 Å². The fourth-order valence-corrected chi connectivity index (χ4v) is 3.55. The number of aromatic nitrogens is 2. The Kier molecular flexibility index (Phi) is 4.09. The SMILES string of the molecule is Cc1nc2ccc(NS(=O)(=O)CCc3ccccc3)cn2c1C. The zero-order valence-electron chi connectivity index (χ0n) is 13.2. The summed E-state index contributed by atoms with van der Waals surface area (Å²) in [5.41, 5.74) is 4.31. The molecule has 3 rings (SSSR count). The molecule has 3 aromatic rings. The number of hydrogen-bond acceptors (Lipinski definition) is 3. The van der Waals surface area contributed by atoms with E-state index in [0.717, 1.165) is 22.6 Å². The Morgan fingerprint density at radius 1 is 1.09 bits per heavy atom. The number of aryl methyl sites for hydroxylation is 3. The number of imidazole rings is 1. The van der Waals surface area contributed by atoms with E-state index in [9.17, 15) is 8.42 Å². The van der Waals surface area contributed by atoms with Gasteiger partial charge in [0.1, 0.15) is 5.65 Å². The summed E-state index contributed by atoms with van der Waals surface area (Å²) in [5, 5.41) is 0. The summed E-state index contributed by atoms with van der Waals surface area (Å²) in [4.78, 5) is 4.41. The lowest BCUT2D eigenvalue weighted by molar-refractivity contribution is 0.600. The maximum Gasteiger partial charge on any atom is 0.233 e. The van der Waals surface area contributed by atoms with Crippen LogP contribution in [0.25, 0.3) is 5.65 Å². The van der Waals surface area contributed by atoms with Gasteiger partial charge in [-0.1, -0.05) is 30.3 Å². The van der Waals surface area contributed by atoms with Crippen LogP contribution >= 0.6 is 0 Å². The minimum absolute atomic E-state index is 0.0526. The van der Waals surface area contributed by atoms with Crippen LogP contribution in [-0.4, -0.2) is 23.6 Å². The normalized spacial score (nSPS) is 11.7. The summed E-state index contributed by atoms with van der Waals surface area (Å²) in [6, 6.07) is 13.1. The Hall–Kier alpha value is -2.34. The van der Waals surface area contributed by atoms with Crippen molar-refractivity contribution in [2.45, 2.75) is 20.3 Å². The van der Waals surface area contributed by atoms with Crippen LogP contribution in [-0.2, 0) is 16.4 Å². The Morgan fingerprint density at radius 2 is 1.83 bits per heavy atom. The number of nitrogens with zero attached hydrogens (tertiary/aromatic N) is 2. The Morgan fingerprint density at radius 3 is 2.57 bits per heavy atom. The molecule has 0 amide bonds. The topological polar surface area (TPSA) is 63.5 Å². The van der Waals surface area contributed by atoms with Crippen molar-refractivity contribution in [3.63, 3.8) is 0 Å². The van der Waals surface area contributed by atoms with Gasteiger partial charge in [0.25, 0.3) is 0 Å². The number of anilines is 1. The molecule has 0 aliphatic carbocycles. The molecule has 0 fully saturated rings. The molecule has 0 bridgehead atoms. The van der Waals surface area contributed by atoms with E-state index in [1.807, 2.05) is 54.6 Å². The first-order valence-corrected chi connectivity index (χ1v) is 9.09. The number of sulfonamides is 1. The number of nitrogens with one attached hydrogen (secondary N) is 1. The summed E-state index contributed by atoms with van der Waals surface area (Å²) in [6.45, 7) is 3.90. The van der Waals surface area contributed by atoms with Gasteiger partial charge in [0.15, 0.2) is 0 Å². The van der Waals surface area contributed by atoms with Crippen molar-refractivity contribution in [3.05, 3.63) is 65.6 Å². The number of hydrogen-bond donors (Lipinski definition) is 1. The molecule has 0 saturated heterocycles. The van der Waals surface area contributed by atoms with Gasteiger partial charge in [0, 0.05) is 11.9 Å². The summed E-state index contributed by atoms with van der Waals surface area (Å²) >= 11 is 0. The first kappa shape index (κ1) is 15.6. The van der Waals surface area contributed by atoms with Gasteiger partial charge in [-0.3, -0.25) is 4.72 Å². The van der Waals surface area contributed by atoms with Gasteiger partial charge in [-0.05, 0) is 38.0 Å². The third-order valence-electron chi connectivity index (χ3n) is 3.87. The van der Waals surface area contributed by atoms with E-state index >= 15 is 0 Å². The average Bonchev–Trinajstić information content (AvgIpc) is 2.81. The third kappa shape index (κ3) is 3.53. The summed E-state index contributed by atoms with van der Waals surface area (Å²) in [5.74, 6) is 0.0526. The van der Waals surface area contributed by atoms with E-state index in [2.05, 4.69) is 9.71 Å². The maximum absolute atomic E-state index is 12.3. The van der Waals surface area contributed by atoms with Gasteiger partial charge in [-0.15, -0.1) is 0 Å². The van der Waals surface area contributed by atoms with E-state index in [0.29, 0.717) is 12.1 Å². The minimum Gasteiger partial charge on any atom is -0.302 e.